The first-order valence-electron chi connectivity index (χ1n) is 6.74. The van der Waals surface area contributed by atoms with Gasteiger partial charge < -0.3 is 10.6 Å². The fraction of sp³-hybridized carbons (Fsp3) is 0.571. The number of aromatic nitrogens is 1. The zero-order valence-electron chi connectivity index (χ0n) is 11.6. The third-order valence-electron chi connectivity index (χ3n) is 3.76. The minimum absolute atomic E-state index is 0.117. The van der Waals surface area contributed by atoms with Gasteiger partial charge in [0.25, 0.3) is 0 Å². The topological polar surface area (TPSA) is 62.5 Å². The van der Waals surface area contributed by atoms with Crippen LogP contribution in [0.25, 0.3) is 0 Å². The molecule has 1 fully saturated rings. The number of likely N-dealkylation sites (N-methyl/N-ethyl adjacent to an activating group) is 1. The lowest BCUT2D eigenvalue weighted by atomic mass is 10.0. The van der Waals surface area contributed by atoms with E-state index in [1.165, 1.54) is 0 Å². The highest BCUT2D eigenvalue weighted by Gasteiger charge is 2.36. The SMILES string of the molecule is CC1CN(Cc2ccccn2)C(CCN)C(=O)N1C. The fourth-order valence-corrected chi connectivity index (χ4v) is 2.54. The number of hydrogen-bond donors (Lipinski definition) is 1. The first kappa shape index (κ1) is 14.0. The molecule has 1 saturated heterocycles. The lowest BCUT2D eigenvalue weighted by molar-refractivity contribution is -0.144. The van der Waals surface area contributed by atoms with E-state index in [1.807, 2.05) is 30.1 Å². The van der Waals surface area contributed by atoms with Crippen LogP contribution in [0.5, 0.6) is 0 Å². The van der Waals surface area contributed by atoms with Gasteiger partial charge in [0.2, 0.25) is 5.91 Å². The van der Waals surface area contributed by atoms with Gasteiger partial charge in [0.05, 0.1) is 11.7 Å². The molecule has 2 rings (SSSR count). The van der Waals surface area contributed by atoms with Crippen LogP contribution in [0.3, 0.4) is 0 Å². The number of hydrogen-bond acceptors (Lipinski definition) is 4. The summed E-state index contributed by atoms with van der Waals surface area (Å²) in [7, 11) is 1.87. The van der Waals surface area contributed by atoms with Gasteiger partial charge in [-0.2, -0.15) is 0 Å². The summed E-state index contributed by atoms with van der Waals surface area (Å²) in [4.78, 5) is 20.7. The van der Waals surface area contributed by atoms with Crippen molar-refractivity contribution >= 4 is 5.91 Å². The highest BCUT2D eigenvalue weighted by molar-refractivity contribution is 5.82. The molecule has 1 aliphatic heterocycles. The summed E-state index contributed by atoms with van der Waals surface area (Å²) in [6.07, 6.45) is 2.48. The predicted octanol–water partition coefficient (Wildman–Crippen LogP) is 0.462. The maximum Gasteiger partial charge on any atom is 0.240 e. The fourth-order valence-electron chi connectivity index (χ4n) is 2.54. The molecule has 2 heterocycles. The first-order chi connectivity index (χ1) is 9.13. The van der Waals surface area contributed by atoms with Gasteiger partial charge in [0.1, 0.15) is 0 Å². The second-order valence-electron chi connectivity index (χ2n) is 5.14. The van der Waals surface area contributed by atoms with E-state index in [1.54, 1.807) is 6.20 Å². The Balaban J connectivity index is 2.14. The lowest BCUT2D eigenvalue weighted by Gasteiger charge is -2.43. The van der Waals surface area contributed by atoms with Crippen molar-refractivity contribution in [3.05, 3.63) is 30.1 Å². The van der Waals surface area contributed by atoms with Crippen LogP contribution in [0.4, 0.5) is 0 Å². The van der Waals surface area contributed by atoms with Crippen LogP contribution >= 0.6 is 0 Å². The molecule has 0 aromatic carbocycles. The predicted molar refractivity (Wildman–Crippen MR) is 74.3 cm³/mol. The van der Waals surface area contributed by atoms with Crippen molar-refractivity contribution in [3.63, 3.8) is 0 Å². The van der Waals surface area contributed by atoms with Crippen molar-refractivity contribution in [1.29, 1.82) is 0 Å². The van der Waals surface area contributed by atoms with Gasteiger partial charge in [-0.1, -0.05) is 6.07 Å². The van der Waals surface area contributed by atoms with Crippen LogP contribution < -0.4 is 5.73 Å². The third kappa shape index (κ3) is 3.11. The molecule has 104 valence electrons. The Bertz CT molecular complexity index is 423. The van der Waals surface area contributed by atoms with Crippen molar-refractivity contribution < 1.29 is 4.79 Å². The van der Waals surface area contributed by atoms with Crippen molar-refractivity contribution in [2.24, 2.45) is 5.73 Å². The van der Waals surface area contributed by atoms with Gasteiger partial charge in [-0.05, 0) is 32.0 Å². The van der Waals surface area contributed by atoms with Crippen LogP contribution in [-0.4, -0.2) is 52.9 Å². The van der Waals surface area contributed by atoms with Crippen molar-refractivity contribution in [1.82, 2.24) is 14.8 Å². The van der Waals surface area contributed by atoms with Crippen LogP contribution in [0.1, 0.15) is 19.0 Å². The molecule has 2 atom stereocenters. The van der Waals surface area contributed by atoms with E-state index in [4.69, 9.17) is 5.73 Å². The highest BCUT2D eigenvalue weighted by Crippen LogP contribution is 2.19. The van der Waals surface area contributed by atoms with E-state index in [-0.39, 0.29) is 18.0 Å². The molecule has 19 heavy (non-hydrogen) atoms. The molecule has 0 bridgehead atoms. The van der Waals surface area contributed by atoms with Crippen molar-refractivity contribution in [2.75, 3.05) is 20.1 Å². The molecule has 5 nitrogen and oxygen atoms in total. The molecule has 1 aromatic heterocycles. The van der Waals surface area contributed by atoms with Crippen LogP contribution in [0.2, 0.25) is 0 Å². The number of carbonyl (C=O) groups excluding carboxylic acids is 1. The smallest absolute Gasteiger partial charge is 0.240 e. The number of amides is 1. The average Bonchev–Trinajstić information content (AvgIpc) is 2.42. The molecular formula is C14H22N4O. The Morgan fingerprint density at radius 1 is 1.47 bits per heavy atom. The largest absolute Gasteiger partial charge is 0.340 e. The normalized spacial score (nSPS) is 24.8. The van der Waals surface area contributed by atoms with Crippen molar-refractivity contribution in [3.8, 4) is 0 Å². The number of nitrogens with two attached hydrogens (primary N) is 1. The quantitative estimate of drug-likeness (QED) is 0.856. The van der Waals surface area contributed by atoms with E-state index >= 15 is 0 Å². The number of piperazine rings is 1. The molecule has 0 aliphatic carbocycles. The number of carbonyl (C=O) groups is 1. The Labute approximate surface area is 114 Å². The zero-order valence-corrected chi connectivity index (χ0v) is 11.6. The standard InChI is InChI=1S/C14H22N4O/c1-11-9-18(10-12-5-3-4-8-16-12)13(6-7-15)14(19)17(11)2/h3-5,8,11,13H,6-7,9-10,15H2,1-2H3. The van der Waals surface area contributed by atoms with Crippen LogP contribution in [0, 0.1) is 0 Å². The van der Waals surface area contributed by atoms with Crippen LogP contribution in [0.15, 0.2) is 24.4 Å². The van der Waals surface area contributed by atoms with E-state index in [0.717, 1.165) is 12.2 Å². The first-order valence-corrected chi connectivity index (χ1v) is 6.74. The summed E-state index contributed by atoms with van der Waals surface area (Å²) in [6.45, 7) is 4.16. The van der Waals surface area contributed by atoms with Crippen molar-refractivity contribution in [2.45, 2.75) is 32.0 Å². The summed E-state index contributed by atoms with van der Waals surface area (Å²) in [5.41, 5.74) is 6.64. The van der Waals surface area contributed by atoms with Gasteiger partial charge in [-0.15, -0.1) is 0 Å². The maximum absolute atomic E-state index is 12.3. The molecule has 2 unspecified atom stereocenters. The minimum atomic E-state index is -0.117. The summed E-state index contributed by atoms with van der Waals surface area (Å²) in [6, 6.07) is 5.98. The molecule has 1 aliphatic rings. The lowest BCUT2D eigenvalue weighted by Crippen LogP contribution is -2.59. The minimum Gasteiger partial charge on any atom is -0.340 e. The van der Waals surface area contributed by atoms with Gasteiger partial charge in [-0.3, -0.25) is 14.7 Å². The Morgan fingerprint density at radius 2 is 2.26 bits per heavy atom. The van der Waals surface area contributed by atoms with Gasteiger partial charge >= 0.3 is 0 Å². The second kappa shape index (κ2) is 6.12. The van der Waals surface area contributed by atoms with E-state index in [2.05, 4.69) is 16.8 Å². The van der Waals surface area contributed by atoms with E-state index in [0.29, 0.717) is 19.5 Å². The molecule has 2 N–H and O–H groups in total. The molecule has 0 radical (unpaired) electrons. The maximum atomic E-state index is 12.3. The zero-order chi connectivity index (χ0) is 13.8. The molecule has 5 heteroatoms. The van der Waals surface area contributed by atoms with Gasteiger partial charge in [0, 0.05) is 32.4 Å². The van der Waals surface area contributed by atoms with E-state index < -0.39 is 0 Å². The molecule has 1 aromatic rings. The number of rotatable bonds is 4. The Hall–Kier alpha value is -1.46. The van der Waals surface area contributed by atoms with E-state index in [9.17, 15) is 4.79 Å². The number of pyridine rings is 1. The second-order valence-corrected chi connectivity index (χ2v) is 5.14. The molecule has 0 spiro atoms. The summed E-state index contributed by atoms with van der Waals surface area (Å²) >= 11 is 0. The molecule has 0 saturated carbocycles. The molecular weight excluding hydrogens is 240 g/mol. The van der Waals surface area contributed by atoms with Crippen LogP contribution in [-0.2, 0) is 11.3 Å². The highest BCUT2D eigenvalue weighted by atomic mass is 16.2. The van der Waals surface area contributed by atoms with Gasteiger partial charge in [0.15, 0.2) is 0 Å². The summed E-state index contributed by atoms with van der Waals surface area (Å²) < 4.78 is 0. The average molecular weight is 262 g/mol. The monoisotopic (exact) mass is 262 g/mol. The Morgan fingerprint density at radius 3 is 2.89 bits per heavy atom. The molecule has 1 amide bonds. The van der Waals surface area contributed by atoms with Gasteiger partial charge in [-0.25, -0.2) is 0 Å². The summed E-state index contributed by atoms with van der Waals surface area (Å²) in [5, 5.41) is 0. The Kier molecular flexibility index (Phi) is 4.50. The third-order valence-corrected chi connectivity index (χ3v) is 3.76. The summed E-state index contributed by atoms with van der Waals surface area (Å²) in [5.74, 6) is 0.167. The number of nitrogens with zero attached hydrogens (tertiary/aromatic N) is 3.